The van der Waals surface area contributed by atoms with Gasteiger partial charge < -0.3 is 0 Å². The van der Waals surface area contributed by atoms with Crippen molar-refractivity contribution in [1.29, 1.82) is 0 Å². The highest BCUT2D eigenvalue weighted by Crippen LogP contribution is 2.52. The van der Waals surface area contributed by atoms with E-state index in [0.717, 1.165) is 5.56 Å². The average molecular weight is 289 g/mol. The molecule has 0 radical (unpaired) electrons. The molecule has 0 spiro atoms. The minimum absolute atomic E-state index is 0.434. The lowest BCUT2D eigenvalue weighted by Crippen LogP contribution is -2.30. The van der Waals surface area contributed by atoms with Gasteiger partial charge in [0.1, 0.15) is 0 Å². The van der Waals surface area contributed by atoms with Crippen LogP contribution in [0, 0.1) is 30.6 Å². The van der Waals surface area contributed by atoms with Gasteiger partial charge in [0.05, 0.1) is 4.90 Å². The Kier molecular flexibility index (Phi) is 2.63. The van der Waals surface area contributed by atoms with E-state index < -0.39 is 10.0 Å². The van der Waals surface area contributed by atoms with E-state index in [1.54, 1.807) is 16.4 Å². The molecule has 1 unspecified atom stereocenters. The maximum atomic E-state index is 12.7. The summed E-state index contributed by atoms with van der Waals surface area (Å²) in [6.07, 6.45) is 5.84. The molecule has 0 N–H and O–H groups in total. The van der Waals surface area contributed by atoms with Crippen LogP contribution < -0.4 is 0 Å². The van der Waals surface area contributed by atoms with E-state index in [4.69, 9.17) is 0 Å². The number of rotatable bonds is 2. The molecule has 2 fully saturated rings. The van der Waals surface area contributed by atoms with Crippen LogP contribution in [-0.4, -0.2) is 25.8 Å². The van der Waals surface area contributed by atoms with Crippen molar-refractivity contribution in [2.24, 2.45) is 23.7 Å². The number of nitrogens with zero attached hydrogens (tertiary/aromatic N) is 1. The number of sulfonamides is 1. The molecule has 1 aliphatic heterocycles. The van der Waals surface area contributed by atoms with Gasteiger partial charge in [-0.25, -0.2) is 8.42 Å². The van der Waals surface area contributed by atoms with E-state index in [1.165, 1.54) is 6.42 Å². The molecule has 1 aromatic rings. The van der Waals surface area contributed by atoms with Gasteiger partial charge in [-0.2, -0.15) is 4.31 Å². The summed E-state index contributed by atoms with van der Waals surface area (Å²) in [4.78, 5) is 0.434. The monoisotopic (exact) mass is 289 g/mol. The minimum atomic E-state index is -3.31. The molecular weight excluding hydrogens is 270 g/mol. The molecule has 1 aromatic carbocycles. The second-order valence-corrected chi connectivity index (χ2v) is 8.35. The number of hydrogen-bond acceptors (Lipinski definition) is 2. The second kappa shape index (κ2) is 4.18. The van der Waals surface area contributed by atoms with Crippen LogP contribution in [0.4, 0.5) is 0 Å². The fraction of sp³-hybridized carbons (Fsp3) is 0.500. The standard InChI is InChI=1S/C16H19NO2S/c1-11-2-6-14(7-3-11)20(18,19)17-9-15-12-4-5-13(8-12)16(15)10-17/h2-7,12-13,15-16H,8-10H2,1H3/t12-,13+,15-,16?/m1/s1. The Balaban J connectivity index is 1.61. The lowest BCUT2D eigenvalue weighted by atomic mass is 9.86. The van der Waals surface area contributed by atoms with Gasteiger partial charge >= 0.3 is 0 Å². The summed E-state index contributed by atoms with van der Waals surface area (Å²) in [6.45, 7) is 3.37. The summed E-state index contributed by atoms with van der Waals surface area (Å²) in [5.41, 5.74) is 1.09. The number of benzene rings is 1. The Morgan fingerprint density at radius 3 is 2.10 bits per heavy atom. The third-order valence-electron chi connectivity index (χ3n) is 5.29. The maximum absolute atomic E-state index is 12.7. The maximum Gasteiger partial charge on any atom is 0.243 e. The van der Waals surface area contributed by atoms with Gasteiger partial charge in [0.15, 0.2) is 0 Å². The third-order valence-corrected chi connectivity index (χ3v) is 7.13. The molecule has 4 atom stereocenters. The zero-order chi connectivity index (χ0) is 13.9. The van der Waals surface area contributed by atoms with Crippen LogP contribution in [0.15, 0.2) is 41.3 Å². The first-order valence-corrected chi connectivity index (χ1v) is 8.75. The highest BCUT2D eigenvalue weighted by Gasteiger charge is 2.51. The van der Waals surface area contributed by atoms with Gasteiger partial charge in [-0.05, 0) is 49.1 Å². The van der Waals surface area contributed by atoms with Crippen molar-refractivity contribution in [1.82, 2.24) is 4.31 Å². The third kappa shape index (κ3) is 1.71. The van der Waals surface area contributed by atoms with Crippen LogP contribution in [0.1, 0.15) is 12.0 Å². The van der Waals surface area contributed by atoms with Gasteiger partial charge in [0.25, 0.3) is 0 Å². The first-order chi connectivity index (χ1) is 9.55. The summed E-state index contributed by atoms with van der Waals surface area (Å²) >= 11 is 0. The van der Waals surface area contributed by atoms with E-state index in [-0.39, 0.29) is 0 Å². The van der Waals surface area contributed by atoms with E-state index in [2.05, 4.69) is 12.2 Å². The summed E-state index contributed by atoms with van der Waals surface area (Å²) in [5, 5.41) is 0. The topological polar surface area (TPSA) is 37.4 Å². The number of aryl methyl sites for hydroxylation is 1. The van der Waals surface area contributed by atoms with Crippen molar-refractivity contribution in [3.63, 3.8) is 0 Å². The molecule has 3 nitrogen and oxygen atoms in total. The van der Waals surface area contributed by atoms with Gasteiger partial charge in [-0.1, -0.05) is 29.8 Å². The Morgan fingerprint density at radius 1 is 1.00 bits per heavy atom. The molecule has 1 saturated heterocycles. The predicted octanol–water partition coefficient (Wildman–Crippen LogP) is 2.44. The molecule has 1 saturated carbocycles. The quantitative estimate of drug-likeness (QED) is 0.784. The summed E-state index contributed by atoms with van der Waals surface area (Å²) < 4.78 is 27.1. The molecule has 1 heterocycles. The van der Waals surface area contributed by atoms with Gasteiger partial charge in [0, 0.05) is 13.1 Å². The van der Waals surface area contributed by atoms with Crippen LogP contribution in [0.25, 0.3) is 0 Å². The fourth-order valence-corrected chi connectivity index (χ4v) is 5.68. The molecule has 4 heteroatoms. The Labute approximate surface area is 120 Å². The molecule has 0 aromatic heterocycles. The van der Waals surface area contributed by atoms with Crippen molar-refractivity contribution in [3.8, 4) is 0 Å². The van der Waals surface area contributed by atoms with Gasteiger partial charge in [-0.15, -0.1) is 0 Å². The number of allylic oxidation sites excluding steroid dienone is 2. The van der Waals surface area contributed by atoms with Crippen molar-refractivity contribution < 1.29 is 8.42 Å². The largest absolute Gasteiger partial charge is 0.243 e. The van der Waals surface area contributed by atoms with Crippen LogP contribution in [0.5, 0.6) is 0 Å². The molecule has 3 aliphatic rings. The van der Waals surface area contributed by atoms with E-state index in [1.807, 2.05) is 19.1 Å². The van der Waals surface area contributed by atoms with E-state index in [9.17, 15) is 8.42 Å². The zero-order valence-corrected chi connectivity index (χ0v) is 12.4. The number of hydrogen-bond donors (Lipinski definition) is 0. The molecule has 20 heavy (non-hydrogen) atoms. The van der Waals surface area contributed by atoms with Crippen molar-refractivity contribution in [2.45, 2.75) is 18.2 Å². The average Bonchev–Trinajstić information content (AvgIpc) is 3.12. The van der Waals surface area contributed by atoms with Crippen LogP contribution in [0.2, 0.25) is 0 Å². The van der Waals surface area contributed by atoms with Crippen molar-refractivity contribution in [3.05, 3.63) is 42.0 Å². The van der Waals surface area contributed by atoms with E-state index >= 15 is 0 Å². The summed E-state index contributed by atoms with van der Waals surface area (Å²) in [6, 6.07) is 7.20. The molecule has 0 amide bonds. The smallest absolute Gasteiger partial charge is 0.207 e. The molecule has 4 rings (SSSR count). The van der Waals surface area contributed by atoms with E-state index in [0.29, 0.717) is 41.7 Å². The van der Waals surface area contributed by atoms with Crippen molar-refractivity contribution in [2.75, 3.05) is 13.1 Å². The Morgan fingerprint density at radius 2 is 1.55 bits per heavy atom. The zero-order valence-electron chi connectivity index (χ0n) is 11.6. The van der Waals surface area contributed by atoms with Crippen LogP contribution >= 0.6 is 0 Å². The Hall–Kier alpha value is -1.13. The first-order valence-electron chi connectivity index (χ1n) is 7.31. The van der Waals surface area contributed by atoms with Crippen molar-refractivity contribution >= 4 is 10.0 Å². The Bertz CT molecular complexity index is 642. The first kappa shape index (κ1) is 12.6. The highest BCUT2D eigenvalue weighted by atomic mass is 32.2. The fourth-order valence-electron chi connectivity index (χ4n) is 4.17. The minimum Gasteiger partial charge on any atom is -0.207 e. The van der Waals surface area contributed by atoms with Gasteiger partial charge in [0.2, 0.25) is 10.0 Å². The van der Waals surface area contributed by atoms with Crippen LogP contribution in [-0.2, 0) is 10.0 Å². The second-order valence-electron chi connectivity index (χ2n) is 6.41. The number of fused-ring (bicyclic) bond motifs is 5. The molecule has 2 aliphatic carbocycles. The molecule has 2 bridgehead atoms. The lowest BCUT2D eigenvalue weighted by molar-refractivity contribution is 0.395. The SMILES string of the molecule is Cc1ccc(S(=O)(=O)N2CC3[C@H]4C=C[C@H](C4)[C@H]3C2)cc1. The summed E-state index contributed by atoms with van der Waals surface area (Å²) in [7, 11) is -3.31. The summed E-state index contributed by atoms with van der Waals surface area (Å²) in [5.74, 6) is 2.32. The molecule has 106 valence electrons. The highest BCUT2D eigenvalue weighted by molar-refractivity contribution is 7.89. The predicted molar refractivity (Wildman–Crippen MR) is 77.7 cm³/mol. The normalized spacial score (nSPS) is 35.6. The van der Waals surface area contributed by atoms with Gasteiger partial charge in [-0.3, -0.25) is 0 Å². The van der Waals surface area contributed by atoms with Crippen LogP contribution in [0.3, 0.4) is 0 Å². The molecular formula is C16H19NO2S. The lowest BCUT2D eigenvalue weighted by Gasteiger charge is -2.18.